The minimum absolute atomic E-state index is 0.0179. The Balaban J connectivity index is 1.23. The molecule has 8 nitrogen and oxygen atoms in total. The van der Waals surface area contributed by atoms with Crippen molar-refractivity contribution in [3.8, 4) is 11.4 Å². The zero-order valence-corrected chi connectivity index (χ0v) is 26.0. The van der Waals surface area contributed by atoms with Crippen LogP contribution in [0.25, 0.3) is 5.69 Å². The fraction of sp³-hybridized carbons (Fsp3) is 0.378. The number of aromatic nitrogens is 2. The van der Waals surface area contributed by atoms with Crippen molar-refractivity contribution in [1.82, 2.24) is 20.4 Å². The molecule has 1 saturated carbocycles. The molecule has 1 aliphatic carbocycles. The highest BCUT2D eigenvalue weighted by atomic mass is 16.5. The Bertz CT molecular complexity index is 1670. The Labute approximate surface area is 264 Å². The maximum atomic E-state index is 13.5. The van der Waals surface area contributed by atoms with Crippen LogP contribution in [0.5, 0.6) is 5.75 Å². The fourth-order valence-corrected chi connectivity index (χ4v) is 6.64. The molecule has 8 heteroatoms. The largest absolute Gasteiger partial charge is 0.487 e. The predicted molar refractivity (Wildman–Crippen MR) is 175 cm³/mol. The second-order valence-corrected chi connectivity index (χ2v) is 12.8. The summed E-state index contributed by atoms with van der Waals surface area (Å²) in [6, 6.07) is 27.5. The highest BCUT2D eigenvalue weighted by molar-refractivity contribution is 5.92. The van der Waals surface area contributed by atoms with Gasteiger partial charge in [-0.3, -0.25) is 9.59 Å². The van der Waals surface area contributed by atoms with Gasteiger partial charge in [-0.1, -0.05) is 74.5 Å². The van der Waals surface area contributed by atoms with Gasteiger partial charge in [0.2, 0.25) is 0 Å². The van der Waals surface area contributed by atoms with E-state index in [4.69, 9.17) is 4.74 Å². The van der Waals surface area contributed by atoms with Gasteiger partial charge in [0.15, 0.2) is 0 Å². The van der Waals surface area contributed by atoms with E-state index >= 15 is 0 Å². The molecule has 234 valence electrons. The maximum Gasteiger partial charge on any atom is 0.272 e. The molecule has 0 radical (unpaired) electrons. The van der Waals surface area contributed by atoms with Crippen LogP contribution in [-0.4, -0.2) is 45.1 Å². The van der Waals surface area contributed by atoms with E-state index in [1.54, 1.807) is 12.1 Å². The molecule has 3 aromatic carbocycles. The summed E-state index contributed by atoms with van der Waals surface area (Å²) in [7, 11) is 0. The number of amides is 1. The first-order chi connectivity index (χ1) is 21.8. The Kier molecular flexibility index (Phi) is 9.14. The number of aliphatic hydroxyl groups is 1. The van der Waals surface area contributed by atoms with E-state index in [2.05, 4.69) is 47.8 Å². The van der Waals surface area contributed by atoms with Crippen LogP contribution in [-0.2, 0) is 6.42 Å². The molecule has 3 N–H and O–H groups in total. The number of hydrogen-bond donors (Lipinski definition) is 3. The highest BCUT2D eigenvalue weighted by Gasteiger charge is 2.43. The van der Waals surface area contributed by atoms with Gasteiger partial charge in [0.05, 0.1) is 17.8 Å². The number of para-hydroxylation sites is 1. The third kappa shape index (κ3) is 7.02. The van der Waals surface area contributed by atoms with Gasteiger partial charge in [0.1, 0.15) is 17.0 Å². The van der Waals surface area contributed by atoms with Crippen LogP contribution in [0.15, 0.2) is 95.8 Å². The summed E-state index contributed by atoms with van der Waals surface area (Å²) in [4.78, 5) is 26.1. The van der Waals surface area contributed by atoms with Gasteiger partial charge in [0, 0.05) is 30.6 Å². The minimum Gasteiger partial charge on any atom is -0.487 e. The number of benzene rings is 3. The number of aliphatic hydroxyl groups excluding tert-OH is 1. The van der Waals surface area contributed by atoms with E-state index in [0.717, 1.165) is 49.0 Å². The first-order valence-electron chi connectivity index (χ1n) is 16.1. The Morgan fingerprint density at radius 3 is 2.42 bits per heavy atom. The Morgan fingerprint density at radius 2 is 1.71 bits per heavy atom. The van der Waals surface area contributed by atoms with Gasteiger partial charge in [-0.05, 0) is 73.4 Å². The lowest BCUT2D eigenvalue weighted by Gasteiger charge is -2.41. The summed E-state index contributed by atoms with van der Waals surface area (Å²) >= 11 is 0. The smallest absolute Gasteiger partial charge is 0.272 e. The predicted octanol–water partition coefficient (Wildman–Crippen LogP) is 5.48. The number of fused-ring (bicyclic) bond motifs is 1. The van der Waals surface area contributed by atoms with E-state index in [0.29, 0.717) is 18.0 Å². The normalized spacial score (nSPS) is 18.3. The fourth-order valence-electron chi connectivity index (χ4n) is 6.64. The summed E-state index contributed by atoms with van der Waals surface area (Å²) in [5, 5.41) is 22.7. The topological polar surface area (TPSA) is 105 Å². The van der Waals surface area contributed by atoms with E-state index in [1.807, 2.05) is 48.5 Å². The zero-order chi connectivity index (χ0) is 31.4. The van der Waals surface area contributed by atoms with Gasteiger partial charge in [0.25, 0.3) is 11.5 Å². The quantitative estimate of drug-likeness (QED) is 0.221. The molecule has 1 amide bonds. The first kappa shape index (κ1) is 30.7. The Morgan fingerprint density at radius 1 is 1.00 bits per heavy atom. The lowest BCUT2D eigenvalue weighted by atomic mass is 9.84. The van der Waals surface area contributed by atoms with Crippen LogP contribution < -0.4 is 20.9 Å². The van der Waals surface area contributed by atoms with Crippen LogP contribution in [0, 0.1) is 0 Å². The van der Waals surface area contributed by atoms with Crippen molar-refractivity contribution < 1.29 is 14.6 Å². The molecule has 2 aliphatic rings. The van der Waals surface area contributed by atoms with E-state index in [1.165, 1.54) is 22.4 Å². The van der Waals surface area contributed by atoms with Gasteiger partial charge in [-0.15, -0.1) is 0 Å². The number of carbonyl (C=O) groups excluding carboxylic acids is 1. The number of nitrogens with zero attached hydrogens (tertiary/aromatic N) is 2. The molecule has 6 rings (SSSR count). The van der Waals surface area contributed by atoms with Crippen molar-refractivity contribution in [3.05, 3.63) is 124 Å². The summed E-state index contributed by atoms with van der Waals surface area (Å²) in [6.45, 7) is 4.65. The summed E-state index contributed by atoms with van der Waals surface area (Å²) in [5.41, 5.74) is 3.53. The van der Waals surface area contributed by atoms with Crippen LogP contribution in [0.3, 0.4) is 0 Å². The van der Waals surface area contributed by atoms with Crippen molar-refractivity contribution in [2.24, 2.45) is 0 Å². The van der Waals surface area contributed by atoms with Crippen LogP contribution >= 0.6 is 0 Å². The molecule has 2 heterocycles. The molecular formula is C37H42N4O4. The SMILES string of the molecule is CC(C)c1ccc2c(c1)[C@@H](NC[C@@H](O)[C@H](Cc1ccccc1)NC(=O)c1ccc(=O)n(-c3ccccc3)n1)CC1(CCCC1)O2. The summed E-state index contributed by atoms with van der Waals surface area (Å²) in [6.07, 6.45) is 4.76. The second kappa shape index (κ2) is 13.4. The monoisotopic (exact) mass is 606 g/mol. The zero-order valence-electron chi connectivity index (χ0n) is 26.0. The molecule has 1 aromatic heterocycles. The summed E-state index contributed by atoms with van der Waals surface area (Å²) < 4.78 is 7.85. The van der Waals surface area contributed by atoms with Crippen molar-refractivity contribution in [3.63, 3.8) is 0 Å². The number of rotatable bonds is 10. The number of hydrogen-bond acceptors (Lipinski definition) is 6. The maximum absolute atomic E-state index is 13.5. The van der Waals surface area contributed by atoms with Crippen LogP contribution in [0.2, 0.25) is 0 Å². The molecule has 1 aliphatic heterocycles. The van der Waals surface area contributed by atoms with Crippen LogP contribution in [0.4, 0.5) is 0 Å². The molecule has 1 fully saturated rings. The Hall–Kier alpha value is -4.27. The molecule has 0 unspecified atom stereocenters. The van der Waals surface area contributed by atoms with E-state index < -0.39 is 18.1 Å². The number of ether oxygens (including phenoxy) is 1. The minimum atomic E-state index is -0.895. The molecule has 0 bridgehead atoms. The van der Waals surface area contributed by atoms with Crippen molar-refractivity contribution >= 4 is 5.91 Å². The number of nitrogens with one attached hydrogen (secondary N) is 2. The van der Waals surface area contributed by atoms with Crippen molar-refractivity contribution in [2.75, 3.05) is 6.54 Å². The molecule has 3 atom stereocenters. The number of carbonyl (C=O) groups is 1. The molecule has 0 saturated heterocycles. The molecule has 1 spiro atoms. The standard InChI is InChI=1S/C37H42N4O4/c1-25(2)27-15-17-34-29(22-27)32(23-37(45-34)19-9-10-20-37)38-24-33(42)31(21-26-11-5-3-6-12-26)39-36(44)30-16-18-35(43)41(40-30)28-13-7-4-8-14-28/h3-8,11-18,22,25,31-33,38,42H,9-10,19-21,23-24H2,1-2H3,(H,39,44)/t31-,32-,33+/m0/s1. The van der Waals surface area contributed by atoms with Crippen LogP contribution in [0.1, 0.15) is 85.1 Å². The third-order valence-corrected chi connectivity index (χ3v) is 9.18. The highest BCUT2D eigenvalue weighted by Crippen LogP contribution is 2.47. The lowest BCUT2D eigenvalue weighted by Crippen LogP contribution is -2.50. The first-order valence-corrected chi connectivity index (χ1v) is 16.1. The second-order valence-electron chi connectivity index (χ2n) is 12.8. The van der Waals surface area contributed by atoms with Gasteiger partial charge >= 0.3 is 0 Å². The molecule has 45 heavy (non-hydrogen) atoms. The average molecular weight is 607 g/mol. The van der Waals surface area contributed by atoms with Gasteiger partial charge in [-0.25, -0.2) is 0 Å². The van der Waals surface area contributed by atoms with Crippen molar-refractivity contribution in [2.45, 2.75) is 82.1 Å². The van der Waals surface area contributed by atoms with E-state index in [9.17, 15) is 14.7 Å². The molecular weight excluding hydrogens is 564 g/mol. The summed E-state index contributed by atoms with van der Waals surface area (Å²) in [5.74, 6) is 0.857. The molecule has 4 aromatic rings. The average Bonchev–Trinajstić information content (AvgIpc) is 3.50. The van der Waals surface area contributed by atoms with Gasteiger partial charge < -0.3 is 20.5 Å². The van der Waals surface area contributed by atoms with E-state index in [-0.39, 0.29) is 29.4 Å². The third-order valence-electron chi connectivity index (χ3n) is 9.18. The van der Waals surface area contributed by atoms with Crippen molar-refractivity contribution in [1.29, 1.82) is 0 Å². The lowest BCUT2D eigenvalue weighted by molar-refractivity contribution is 0.0326. The van der Waals surface area contributed by atoms with Gasteiger partial charge in [-0.2, -0.15) is 9.78 Å².